The summed E-state index contributed by atoms with van der Waals surface area (Å²) in [6, 6.07) is 9.00. The smallest absolute Gasteiger partial charge is 0.453 e. The predicted octanol–water partition coefficient (Wildman–Crippen LogP) is 5.87. The van der Waals surface area contributed by atoms with Gasteiger partial charge in [0.1, 0.15) is 16.6 Å². The van der Waals surface area contributed by atoms with Crippen LogP contribution >= 0.6 is 22.9 Å². The van der Waals surface area contributed by atoms with Crippen LogP contribution in [0.3, 0.4) is 0 Å². The van der Waals surface area contributed by atoms with Crippen molar-refractivity contribution in [2.45, 2.75) is 32.1 Å². The third-order valence-electron chi connectivity index (χ3n) is 5.52. The van der Waals surface area contributed by atoms with Crippen LogP contribution in [0.25, 0.3) is 20.7 Å². The molecule has 2 aromatic heterocycles. The highest BCUT2D eigenvalue weighted by Gasteiger charge is 2.39. The van der Waals surface area contributed by atoms with Gasteiger partial charge in [-0.05, 0) is 48.4 Å². The first-order valence-electron chi connectivity index (χ1n) is 10.9. The van der Waals surface area contributed by atoms with Gasteiger partial charge in [0.15, 0.2) is 17.6 Å². The van der Waals surface area contributed by atoms with Crippen LogP contribution in [0.15, 0.2) is 46.0 Å². The Labute approximate surface area is 228 Å². The number of aromatic amines is 1. The van der Waals surface area contributed by atoms with Gasteiger partial charge in [0.05, 0.1) is 22.5 Å². The molecule has 16 heteroatoms. The Bertz CT molecular complexity index is 1770. The van der Waals surface area contributed by atoms with Crippen molar-refractivity contribution in [3.63, 3.8) is 0 Å². The van der Waals surface area contributed by atoms with Gasteiger partial charge in [-0.2, -0.15) is 18.4 Å². The fraction of sp³-hybridized carbons (Fsp3) is 0.208. The summed E-state index contributed by atoms with van der Waals surface area (Å²) in [5.41, 5.74) is -1.82. The fourth-order valence-electron chi connectivity index (χ4n) is 3.71. The summed E-state index contributed by atoms with van der Waals surface area (Å²) in [5.74, 6) is -1.22. The first kappa shape index (κ1) is 29.0. The van der Waals surface area contributed by atoms with E-state index in [2.05, 4.69) is 4.74 Å². The van der Waals surface area contributed by atoms with Gasteiger partial charge in [-0.25, -0.2) is 4.79 Å². The summed E-state index contributed by atoms with van der Waals surface area (Å²) in [6.07, 6.45) is -13.1. The molecule has 8 nitrogen and oxygen atoms in total. The van der Waals surface area contributed by atoms with Gasteiger partial charge in [0.25, 0.3) is 5.56 Å². The summed E-state index contributed by atoms with van der Waals surface area (Å²) in [6.45, 7) is 0.170. The van der Waals surface area contributed by atoms with Crippen LogP contribution in [0.1, 0.15) is 11.1 Å². The SMILES string of the molecule is Cc1c(-c2ccc(Oc3ccc(C#N)c(Cl)c3)c(OC(F)(F)F)c2)sc2c1c(=O)[nH]c(=O)n2C[C@@H](O)C(F)(F)F. The molecule has 0 amide bonds. The van der Waals surface area contributed by atoms with Crippen molar-refractivity contribution in [2.75, 3.05) is 0 Å². The summed E-state index contributed by atoms with van der Waals surface area (Å²) >= 11 is 6.62. The largest absolute Gasteiger partial charge is 0.573 e. The zero-order valence-corrected chi connectivity index (χ0v) is 21.3. The maximum Gasteiger partial charge on any atom is 0.573 e. The summed E-state index contributed by atoms with van der Waals surface area (Å²) in [4.78, 5) is 26.6. The molecule has 0 saturated heterocycles. The van der Waals surface area contributed by atoms with E-state index in [0.29, 0.717) is 15.9 Å². The second kappa shape index (κ2) is 10.5. The molecule has 2 N–H and O–H groups in total. The van der Waals surface area contributed by atoms with E-state index in [4.69, 9.17) is 21.6 Å². The number of thiophene rings is 1. The Morgan fingerprint density at radius 2 is 1.82 bits per heavy atom. The summed E-state index contributed by atoms with van der Waals surface area (Å²) in [5, 5.41) is 18.3. The van der Waals surface area contributed by atoms with Crippen molar-refractivity contribution < 1.29 is 40.9 Å². The maximum absolute atomic E-state index is 13.2. The number of aliphatic hydroxyl groups is 1. The molecule has 1 atom stereocenters. The van der Waals surface area contributed by atoms with Crippen LogP contribution in [-0.2, 0) is 6.54 Å². The van der Waals surface area contributed by atoms with Crippen molar-refractivity contribution in [1.82, 2.24) is 9.55 Å². The third kappa shape index (κ3) is 5.93. The Morgan fingerprint density at radius 1 is 1.12 bits per heavy atom. The number of ether oxygens (including phenoxy) is 2. The van der Waals surface area contributed by atoms with Gasteiger partial charge < -0.3 is 14.6 Å². The highest BCUT2D eigenvalue weighted by atomic mass is 35.5. The van der Waals surface area contributed by atoms with Crippen molar-refractivity contribution in [2.24, 2.45) is 0 Å². The first-order valence-corrected chi connectivity index (χ1v) is 12.1. The zero-order valence-electron chi connectivity index (χ0n) is 19.8. The average Bonchev–Trinajstić information content (AvgIpc) is 3.18. The van der Waals surface area contributed by atoms with E-state index in [-0.39, 0.29) is 42.6 Å². The number of hydrogen-bond acceptors (Lipinski definition) is 7. The molecule has 2 heterocycles. The Hall–Kier alpha value is -4.00. The molecule has 0 fully saturated rings. The molecule has 40 heavy (non-hydrogen) atoms. The van der Waals surface area contributed by atoms with Crippen LogP contribution in [0.5, 0.6) is 17.2 Å². The molecule has 0 aliphatic carbocycles. The van der Waals surface area contributed by atoms with Gasteiger partial charge in [0.2, 0.25) is 0 Å². The molecule has 210 valence electrons. The number of benzene rings is 2. The molecule has 0 saturated carbocycles. The average molecular weight is 606 g/mol. The topological polar surface area (TPSA) is 117 Å². The molecule has 4 aromatic rings. The van der Waals surface area contributed by atoms with E-state index in [1.165, 1.54) is 31.2 Å². The van der Waals surface area contributed by atoms with E-state index in [1.54, 1.807) is 0 Å². The minimum Gasteiger partial charge on any atom is -0.453 e. The van der Waals surface area contributed by atoms with Gasteiger partial charge in [-0.3, -0.25) is 14.3 Å². The number of aliphatic hydroxyl groups excluding tert-OH is 1. The van der Waals surface area contributed by atoms with Gasteiger partial charge in [-0.15, -0.1) is 24.5 Å². The molecule has 0 radical (unpaired) electrons. The predicted molar refractivity (Wildman–Crippen MR) is 132 cm³/mol. The van der Waals surface area contributed by atoms with E-state index >= 15 is 0 Å². The third-order valence-corrected chi connectivity index (χ3v) is 7.20. The second-order valence-electron chi connectivity index (χ2n) is 8.23. The van der Waals surface area contributed by atoms with Crippen molar-refractivity contribution in [1.29, 1.82) is 5.26 Å². The van der Waals surface area contributed by atoms with E-state index < -0.39 is 47.9 Å². The molecule has 0 spiro atoms. The van der Waals surface area contributed by atoms with Crippen LogP contribution in [0, 0.1) is 18.3 Å². The Morgan fingerprint density at radius 3 is 2.42 bits per heavy atom. The lowest BCUT2D eigenvalue weighted by molar-refractivity contribution is -0.275. The van der Waals surface area contributed by atoms with Crippen LogP contribution in [0.4, 0.5) is 26.3 Å². The summed E-state index contributed by atoms with van der Waals surface area (Å²) < 4.78 is 88.7. The van der Waals surface area contributed by atoms with Gasteiger partial charge in [0, 0.05) is 10.9 Å². The number of halogens is 7. The standard InChI is InChI=1S/C24H14ClF6N3O5S/c1-10-18-20(36)33-22(37)34(9-17(35)23(26,27)28)21(18)40-19(10)11-3-5-15(16(6-11)39-24(29,30)31)38-13-4-2-12(8-32)14(25)7-13/h2-7,17,35H,9H2,1H3,(H,33,36,37)/t17-/m1/s1. The maximum atomic E-state index is 13.2. The minimum absolute atomic E-state index is 0.0114. The number of nitrogens with one attached hydrogen (secondary N) is 1. The lowest BCUT2D eigenvalue weighted by Gasteiger charge is -2.16. The van der Waals surface area contributed by atoms with Crippen LogP contribution in [0.2, 0.25) is 5.02 Å². The number of nitrogens with zero attached hydrogens (tertiary/aromatic N) is 2. The molecular weight excluding hydrogens is 592 g/mol. The monoisotopic (exact) mass is 605 g/mol. The highest BCUT2D eigenvalue weighted by Crippen LogP contribution is 2.43. The Balaban J connectivity index is 1.84. The van der Waals surface area contributed by atoms with Crippen molar-refractivity contribution in [3.05, 3.63) is 73.4 Å². The normalized spacial score (nSPS) is 12.8. The second-order valence-corrected chi connectivity index (χ2v) is 9.63. The number of fused-ring (bicyclic) bond motifs is 1. The number of alkyl halides is 6. The van der Waals surface area contributed by atoms with Crippen LogP contribution < -0.4 is 20.7 Å². The van der Waals surface area contributed by atoms with Crippen LogP contribution in [-0.4, -0.2) is 33.3 Å². The molecule has 2 aromatic carbocycles. The van der Waals surface area contributed by atoms with Crippen molar-refractivity contribution >= 4 is 33.2 Å². The van der Waals surface area contributed by atoms with Crippen molar-refractivity contribution in [3.8, 4) is 33.8 Å². The summed E-state index contributed by atoms with van der Waals surface area (Å²) in [7, 11) is 0. The highest BCUT2D eigenvalue weighted by molar-refractivity contribution is 7.22. The first-order chi connectivity index (χ1) is 18.6. The Kier molecular flexibility index (Phi) is 7.63. The number of H-pyrrole nitrogens is 1. The molecule has 0 unspecified atom stereocenters. The van der Waals surface area contributed by atoms with E-state index in [0.717, 1.165) is 12.1 Å². The molecule has 4 rings (SSSR count). The van der Waals surface area contributed by atoms with Gasteiger partial charge in [-0.1, -0.05) is 11.6 Å². The lowest BCUT2D eigenvalue weighted by atomic mass is 10.1. The van der Waals surface area contributed by atoms with E-state index in [9.17, 15) is 41.0 Å². The molecule has 0 bridgehead atoms. The lowest BCUT2D eigenvalue weighted by Crippen LogP contribution is -2.38. The minimum atomic E-state index is -5.15. The number of aromatic nitrogens is 2. The molecule has 0 aliphatic heterocycles. The zero-order chi connectivity index (χ0) is 29.6. The number of hydrogen-bond donors (Lipinski definition) is 2. The number of rotatable bonds is 6. The van der Waals surface area contributed by atoms with E-state index in [1.807, 2.05) is 11.1 Å². The number of aryl methyl sites for hydroxylation is 1. The quantitative estimate of drug-likeness (QED) is 0.266. The van der Waals surface area contributed by atoms with Gasteiger partial charge >= 0.3 is 18.2 Å². The number of nitriles is 1. The molecular formula is C24H14ClF6N3O5S. The molecule has 0 aliphatic rings. The fourth-order valence-corrected chi connectivity index (χ4v) is 5.23.